The van der Waals surface area contributed by atoms with Gasteiger partial charge >= 0.3 is 0 Å². The predicted octanol–water partition coefficient (Wildman–Crippen LogP) is 3.50. The molecule has 1 amide bonds. The second kappa shape index (κ2) is 11.4. The van der Waals surface area contributed by atoms with E-state index in [1.807, 2.05) is 55.7 Å². The van der Waals surface area contributed by atoms with Crippen molar-refractivity contribution >= 4 is 24.0 Å². The molecule has 154 valence electrons. The fourth-order valence-corrected chi connectivity index (χ4v) is 3.02. The molecular weight excluding hydrogens is 388 g/mol. The summed E-state index contributed by atoms with van der Waals surface area (Å²) in [6.07, 6.45) is 4.40. The molecule has 1 atom stereocenters. The van der Waals surface area contributed by atoms with Crippen molar-refractivity contribution in [3.05, 3.63) is 83.7 Å². The van der Waals surface area contributed by atoms with Gasteiger partial charge in [0.1, 0.15) is 6.04 Å². The van der Waals surface area contributed by atoms with Gasteiger partial charge in [-0.05, 0) is 36.7 Å². The first-order valence-corrected chi connectivity index (χ1v) is 9.33. The third-order valence-electron chi connectivity index (χ3n) is 4.45. The Morgan fingerprint density at radius 3 is 2.59 bits per heavy atom. The Kier molecular flexibility index (Phi) is 8.86. The minimum Gasteiger partial charge on any atom is -0.376 e. The lowest BCUT2D eigenvalue weighted by Gasteiger charge is -2.15. The zero-order chi connectivity index (χ0) is 19.8. The standard InChI is InChI=1S/C22H26N4O2.ClH/c1-23-21(19-14-24-26(2)15-19)22(27)25-20-10-6-9-18(13-20)16-28-12-11-17-7-4-3-5-8-17;/h3-10,13-15,21,23H,11-12,16H2,1-2H3,(H,25,27);1H. The van der Waals surface area contributed by atoms with E-state index in [-0.39, 0.29) is 18.3 Å². The molecule has 7 heteroatoms. The molecule has 29 heavy (non-hydrogen) atoms. The van der Waals surface area contributed by atoms with Crippen LogP contribution in [0.2, 0.25) is 0 Å². The molecule has 0 spiro atoms. The summed E-state index contributed by atoms with van der Waals surface area (Å²) in [5.41, 5.74) is 3.85. The van der Waals surface area contributed by atoms with Crippen LogP contribution in [0.5, 0.6) is 0 Å². The molecule has 1 unspecified atom stereocenters. The lowest BCUT2D eigenvalue weighted by molar-refractivity contribution is -0.118. The molecule has 3 aromatic rings. The van der Waals surface area contributed by atoms with Crippen LogP contribution in [0.1, 0.15) is 22.7 Å². The van der Waals surface area contributed by atoms with Gasteiger partial charge in [0.2, 0.25) is 5.91 Å². The van der Waals surface area contributed by atoms with E-state index in [9.17, 15) is 4.79 Å². The Balaban J connectivity index is 0.00000300. The highest BCUT2D eigenvalue weighted by atomic mass is 35.5. The summed E-state index contributed by atoms with van der Waals surface area (Å²) in [5, 5.41) is 10.1. The normalized spacial score (nSPS) is 11.5. The second-order valence-electron chi connectivity index (χ2n) is 6.65. The van der Waals surface area contributed by atoms with Crippen LogP contribution in [0.15, 0.2) is 67.0 Å². The molecule has 0 saturated heterocycles. The molecule has 0 aliphatic heterocycles. The van der Waals surface area contributed by atoms with Crippen molar-refractivity contribution in [3.63, 3.8) is 0 Å². The van der Waals surface area contributed by atoms with Gasteiger partial charge in [-0.3, -0.25) is 9.48 Å². The number of hydrogen-bond acceptors (Lipinski definition) is 4. The number of likely N-dealkylation sites (N-methyl/N-ethyl adjacent to an activating group) is 1. The fraction of sp³-hybridized carbons (Fsp3) is 0.273. The first kappa shape index (κ1) is 22.6. The minimum atomic E-state index is -0.459. The van der Waals surface area contributed by atoms with Gasteiger partial charge in [0.05, 0.1) is 19.4 Å². The van der Waals surface area contributed by atoms with Crippen molar-refractivity contribution in [3.8, 4) is 0 Å². The topological polar surface area (TPSA) is 68.2 Å². The first-order valence-electron chi connectivity index (χ1n) is 9.33. The predicted molar refractivity (Wildman–Crippen MR) is 117 cm³/mol. The Hall–Kier alpha value is -2.67. The van der Waals surface area contributed by atoms with E-state index < -0.39 is 6.04 Å². The van der Waals surface area contributed by atoms with Crippen molar-refractivity contribution in [2.45, 2.75) is 19.1 Å². The molecule has 0 aliphatic rings. The van der Waals surface area contributed by atoms with E-state index in [4.69, 9.17) is 4.74 Å². The smallest absolute Gasteiger partial charge is 0.246 e. The minimum absolute atomic E-state index is 0. The lowest BCUT2D eigenvalue weighted by Crippen LogP contribution is -2.30. The number of halogens is 1. The van der Waals surface area contributed by atoms with Gasteiger partial charge in [0.15, 0.2) is 0 Å². The largest absolute Gasteiger partial charge is 0.376 e. The van der Waals surface area contributed by atoms with Crippen LogP contribution in [-0.4, -0.2) is 29.3 Å². The number of ether oxygens (including phenoxy) is 1. The van der Waals surface area contributed by atoms with E-state index in [2.05, 4.69) is 27.9 Å². The van der Waals surface area contributed by atoms with Crippen LogP contribution in [0.3, 0.4) is 0 Å². The molecule has 0 radical (unpaired) electrons. The van der Waals surface area contributed by atoms with Gasteiger partial charge in [0, 0.05) is 24.5 Å². The van der Waals surface area contributed by atoms with Gasteiger partial charge < -0.3 is 15.4 Å². The van der Waals surface area contributed by atoms with Crippen LogP contribution < -0.4 is 10.6 Å². The zero-order valence-electron chi connectivity index (χ0n) is 16.7. The quantitative estimate of drug-likeness (QED) is 0.526. The van der Waals surface area contributed by atoms with Crippen LogP contribution >= 0.6 is 12.4 Å². The maximum absolute atomic E-state index is 12.6. The number of nitrogens with zero attached hydrogens (tertiary/aromatic N) is 2. The van der Waals surface area contributed by atoms with Crippen LogP contribution in [0.4, 0.5) is 5.69 Å². The third-order valence-corrected chi connectivity index (χ3v) is 4.45. The Morgan fingerprint density at radius 2 is 1.90 bits per heavy atom. The summed E-state index contributed by atoms with van der Waals surface area (Å²) in [5.74, 6) is -0.127. The number of benzene rings is 2. The number of anilines is 1. The molecule has 0 aliphatic carbocycles. The van der Waals surface area contributed by atoms with Crippen LogP contribution in [-0.2, 0) is 29.6 Å². The van der Waals surface area contributed by atoms with Gasteiger partial charge in [-0.1, -0.05) is 42.5 Å². The van der Waals surface area contributed by atoms with Gasteiger partial charge in [-0.2, -0.15) is 5.10 Å². The van der Waals surface area contributed by atoms with Crippen molar-refractivity contribution in [2.75, 3.05) is 19.0 Å². The average Bonchev–Trinajstić information content (AvgIpc) is 3.13. The van der Waals surface area contributed by atoms with Gasteiger partial charge in [-0.15, -0.1) is 12.4 Å². The van der Waals surface area contributed by atoms with E-state index in [0.29, 0.717) is 13.2 Å². The van der Waals surface area contributed by atoms with Crippen molar-refractivity contribution in [1.29, 1.82) is 0 Å². The molecule has 6 nitrogen and oxygen atoms in total. The summed E-state index contributed by atoms with van der Waals surface area (Å²) in [7, 11) is 3.59. The van der Waals surface area contributed by atoms with E-state index >= 15 is 0 Å². The molecule has 2 aromatic carbocycles. The fourth-order valence-electron chi connectivity index (χ4n) is 3.02. The molecule has 1 heterocycles. The maximum atomic E-state index is 12.6. The van der Waals surface area contributed by atoms with Gasteiger partial charge in [0.25, 0.3) is 0 Å². The van der Waals surface area contributed by atoms with Crippen LogP contribution in [0.25, 0.3) is 0 Å². The zero-order valence-corrected chi connectivity index (χ0v) is 17.5. The molecule has 2 N–H and O–H groups in total. The van der Waals surface area contributed by atoms with Crippen molar-refractivity contribution in [1.82, 2.24) is 15.1 Å². The highest BCUT2D eigenvalue weighted by Gasteiger charge is 2.20. The number of carbonyl (C=O) groups excluding carboxylic acids is 1. The second-order valence-corrected chi connectivity index (χ2v) is 6.65. The molecule has 0 fully saturated rings. The molecule has 3 rings (SSSR count). The lowest BCUT2D eigenvalue weighted by atomic mass is 10.1. The van der Waals surface area contributed by atoms with Gasteiger partial charge in [-0.25, -0.2) is 0 Å². The number of nitrogens with one attached hydrogen (secondary N) is 2. The number of aromatic nitrogens is 2. The number of amides is 1. The number of aryl methyl sites for hydroxylation is 1. The molecular formula is C22H27ClN4O2. The summed E-state index contributed by atoms with van der Waals surface area (Å²) < 4.78 is 7.47. The Bertz CT molecular complexity index is 899. The van der Waals surface area contributed by atoms with E-state index in [1.165, 1.54) is 5.56 Å². The first-order chi connectivity index (χ1) is 13.7. The summed E-state index contributed by atoms with van der Waals surface area (Å²) >= 11 is 0. The van der Waals surface area contributed by atoms with E-state index in [1.54, 1.807) is 17.9 Å². The number of hydrogen-bond donors (Lipinski definition) is 2. The Labute approximate surface area is 177 Å². The molecule has 0 bridgehead atoms. The maximum Gasteiger partial charge on any atom is 0.246 e. The number of rotatable bonds is 9. The monoisotopic (exact) mass is 414 g/mol. The summed E-state index contributed by atoms with van der Waals surface area (Å²) in [6, 6.07) is 17.5. The average molecular weight is 415 g/mol. The SMILES string of the molecule is CNC(C(=O)Nc1cccc(COCCc2ccccc2)c1)c1cnn(C)c1.Cl. The van der Waals surface area contributed by atoms with Crippen molar-refractivity contribution in [2.24, 2.45) is 7.05 Å². The molecule has 0 saturated carbocycles. The van der Waals surface area contributed by atoms with Crippen LogP contribution in [0, 0.1) is 0 Å². The summed E-state index contributed by atoms with van der Waals surface area (Å²) in [4.78, 5) is 12.6. The van der Waals surface area contributed by atoms with Crippen molar-refractivity contribution < 1.29 is 9.53 Å². The number of carbonyl (C=O) groups is 1. The molecule has 1 aromatic heterocycles. The highest BCUT2D eigenvalue weighted by molar-refractivity contribution is 5.95. The third kappa shape index (κ3) is 6.71. The highest BCUT2D eigenvalue weighted by Crippen LogP contribution is 2.17. The summed E-state index contributed by atoms with van der Waals surface area (Å²) in [6.45, 7) is 1.16. The van der Waals surface area contributed by atoms with E-state index in [0.717, 1.165) is 23.2 Å². The Morgan fingerprint density at radius 1 is 1.14 bits per heavy atom.